The maximum absolute atomic E-state index is 5.70. The first-order valence-corrected chi connectivity index (χ1v) is 8.25. The lowest BCUT2D eigenvalue weighted by molar-refractivity contribution is -0.0526. The van der Waals surface area contributed by atoms with Crippen LogP contribution in [0.4, 0.5) is 0 Å². The quantitative estimate of drug-likeness (QED) is 0.871. The third-order valence-corrected chi connectivity index (χ3v) is 4.37. The molecule has 0 aromatic heterocycles. The minimum absolute atomic E-state index is 0.348. The van der Waals surface area contributed by atoms with Crippen molar-refractivity contribution in [3.63, 3.8) is 0 Å². The van der Waals surface area contributed by atoms with Gasteiger partial charge >= 0.3 is 0 Å². The predicted molar refractivity (Wildman–Crippen MR) is 88.7 cm³/mol. The van der Waals surface area contributed by atoms with E-state index in [-0.39, 0.29) is 0 Å². The second kappa shape index (κ2) is 7.92. The third-order valence-electron chi connectivity index (χ3n) is 4.37. The van der Waals surface area contributed by atoms with Gasteiger partial charge in [-0.1, -0.05) is 38.1 Å². The molecule has 1 aliphatic rings. The molecule has 0 bridgehead atoms. The molecule has 0 amide bonds. The molecule has 0 radical (unpaired) electrons. The average Bonchev–Trinajstić information content (AvgIpc) is 2.49. The minimum Gasteiger partial charge on any atom is -0.376 e. The lowest BCUT2D eigenvalue weighted by atomic mass is 9.99. The van der Waals surface area contributed by atoms with Gasteiger partial charge in [0.2, 0.25) is 0 Å². The highest BCUT2D eigenvalue weighted by Crippen LogP contribution is 2.18. The van der Waals surface area contributed by atoms with E-state index < -0.39 is 0 Å². The predicted octanol–water partition coefficient (Wildman–Crippen LogP) is 3.01. The zero-order valence-corrected chi connectivity index (χ0v) is 13.9. The molecular formula is C18H30N2O. The van der Waals surface area contributed by atoms with Gasteiger partial charge < -0.3 is 10.1 Å². The lowest BCUT2D eigenvalue weighted by Gasteiger charge is -2.36. The van der Waals surface area contributed by atoms with Gasteiger partial charge in [0.15, 0.2) is 0 Å². The summed E-state index contributed by atoms with van der Waals surface area (Å²) in [6, 6.07) is 9.64. The maximum atomic E-state index is 5.70. The highest BCUT2D eigenvalue weighted by molar-refractivity contribution is 5.25. The van der Waals surface area contributed by atoms with E-state index in [9.17, 15) is 0 Å². The van der Waals surface area contributed by atoms with Crippen molar-refractivity contribution in [2.75, 3.05) is 26.2 Å². The van der Waals surface area contributed by atoms with Gasteiger partial charge in [-0.2, -0.15) is 0 Å². The summed E-state index contributed by atoms with van der Waals surface area (Å²) < 4.78 is 5.70. The molecule has 3 atom stereocenters. The van der Waals surface area contributed by atoms with Crippen LogP contribution in [0, 0.1) is 0 Å². The largest absolute Gasteiger partial charge is 0.376 e. The molecular weight excluding hydrogens is 260 g/mol. The van der Waals surface area contributed by atoms with Crippen molar-refractivity contribution >= 4 is 0 Å². The van der Waals surface area contributed by atoms with Gasteiger partial charge in [0.05, 0.1) is 12.7 Å². The molecule has 3 nitrogen and oxygen atoms in total. The van der Waals surface area contributed by atoms with Gasteiger partial charge in [-0.05, 0) is 37.4 Å². The number of hydrogen-bond donors (Lipinski definition) is 1. The minimum atomic E-state index is 0.348. The van der Waals surface area contributed by atoms with Crippen LogP contribution in [0.1, 0.15) is 44.7 Å². The van der Waals surface area contributed by atoms with Crippen molar-refractivity contribution < 1.29 is 4.74 Å². The first-order valence-electron chi connectivity index (χ1n) is 8.25. The Kier molecular flexibility index (Phi) is 6.22. The summed E-state index contributed by atoms with van der Waals surface area (Å²) in [6.07, 6.45) is 0.348. The van der Waals surface area contributed by atoms with Crippen molar-refractivity contribution in [2.45, 2.75) is 52.3 Å². The molecule has 0 spiro atoms. The van der Waals surface area contributed by atoms with E-state index in [0.29, 0.717) is 18.1 Å². The SMILES string of the molecule is CCNCC(C)c1ccc(CN2CC(C)OCC2C)cc1. The number of likely N-dealkylation sites (N-methyl/N-ethyl adjacent to an activating group) is 1. The van der Waals surface area contributed by atoms with Crippen LogP contribution in [0.2, 0.25) is 0 Å². The first kappa shape index (κ1) is 16.5. The van der Waals surface area contributed by atoms with Crippen molar-refractivity contribution in [3.8, 4) is 0 Å². The van der Waals surface area contributed by atoms with Crippen LogP contribution in [0.25, 0.3) is 0 Å². The fraction of sp³-hybridized carbons (Fsp3) is 0.667. The molecule has 3 heteroatoms. The molecule has 3 unspecified atom stereocenters. The summed E-state index contributed by atoms with van der Waals surface area (Å²) in [6.45, 7) is 13.8. The number of hydrogen-bond acceptors (Lipinski definition) is 3. The van der Waals surface area contributed by atoms with E-state index in [2.05, 4.69) is 62.2 Å². The fourth-order valence-electron chi connectivity index (χ4n) is 2.86. The second-order valence-corrected chi connectivity index (χ2v) is 6.37. The summed E-state index contributed by atoms with van der Waals surface area (Å²) in [5, 5.41) is 3.42. The lowest BCUT2D eigenvalue weighted by Crippen LogP contribution is -2.46. The standard InChI is InChI=1S/C18H30N2O/c1-5-19-10-14(2)18-8-6-17(7-9-18)12-20-11-16(4)21-13-15(20)3/h6-9,14-16,19H,5,10-13H2,1-4H3. The van der Waals surface area contributed by atoms with Crippen molar-refractivity contribution in [3.05, 3.63) is 35.4 Å². The smallest absolute Gasteiger partial charge is 0.0674 e. The summed E-state index contributed by atoms with van der Waals surface area (Å²) in [4.78, 5) is 2.52. The van der Waals surface area contributed by atoms with Gasteiger partial charge in [0, 0.05) is 25.7 Å². The topological polar surface area (TPSA) is 24.5 Å². The van der Waals surface area contributed by atoms with Gasteiger partial charge in [-0.15, -0.1) is 0 Å². The van der Waals surface area contributed by atoms with Crippen LogP contribution >= 0.6 is 0 Å². The van der Waals surface area contributed by atoms with E-state index in [1.54, 1.807) is 0 Å². The van der Waals surface area contributed by atoms with E-state index in [4.69, 9.17) is 4.74 Å². The monoisotopic (exact) mass is 290 g/mol. The molecule has 118 valence electrons. The van der Waals surface area contributed by atoms with E-state index >= 15 is 0 Å². The Labute approximate surface area is 129 Å². The van der Waals surface area contributed by atoms with Gasteiger partial charge in [0.1, 0.15) is 0 Å². The molecule has 2 rings (SSSR count). The number of nitrogens with zero attached hydrogens (tertiary/aromatic N) is 1. The summed E-state index contributed by atoms with van der Waals surface area (Å²) in [5.41, 5.74) is 2.82. The summed E-state index contributed by atoms with van der Waals surface area (Å²) >= 11 is 0. The molecule has 0 aliphatic carbocycles. The van der Waals surface area contributed by atoms with Crippen molar-refractivity contribution in [1.82, 2.24) is 10.2 Å². The molecule has 0 saturated carbocycles. The van der Waals surface area contributed by atoms with Crippen LogP contribution in [-0.2, 0) is 11.3 Å². The van der Waals surface area contributed by atoms with Gasteiger partial charge in [0.25, 0.3) is 0 Å². The maximum Gasteiger partial charge on any atom is 0.0674 e. The van der Waals surface area contributed by atoms with Gasteiger partial charge in [-0.25, -0.2) is 0 Å². The van der Waals surface area contributed by atoms with Crippen molar-refractivity contribution in [1.29, 1.82) is 0 Å². The van der Waals surface area contributed by atoms with Crippen LogP contribution in [0.3, 0.4) is 0 Å². The van der Waals surface area contributed by atoms with E-state index in [1.807, 2.05) is 0 Å². The Balaban J connectivity index is 1.92. The molecule has 1 fully saturated rings. The molecule has 1 saturated heterocycles. The van der Waals surface area contributed by atoms with E-state index in [1.165, 1.54) is 11.1 Å². The Morgan fingerprint density at radius 3 is 2.67 bits per heavy atom. The summed E-state index contributed by atoms with van der Waals surface area (Å²) in [7, 11) is 0. The number of benzene rings is 1. The van der Waals surface area contributed by atoms with Crippen LogP contribution in [0.15, 0.2) is 24.3 Å². The molecule has 1 aliphatic heterocycles. The van der Waals surface area contributed by atoms with Crippen LogP contribution in [0.5, 0.6) is 0 Å². The molecule has 1 aromatic carbocycles. The molecule has 21 heavy (non-hydrogen) atoms. The highest BCUT2D eigenvalue weighted by Gasteiger charge is 2.23. The Morgan fingerprint density at radius 2 is 2.00 bits per heavy atom. The zero-order chi connectivity index (χ0) is 15.2. The Morgan fingerprint density at radius 1 is 1.29 bits per heavy atom. The Bertz CT molecular complexity index is 418. The number of ether oxygens (including phenoxy) is 1. The van der Waals surface area contributed by atoms with E-state index in [0.717, 1.165) is 32.8 Å². The Hall–Kier alpha value is -0.900. The van der Waals surface area contributed by atoms with Gasteiger partial charge in [-0.3, -0.25) is 4.90 Å². The highest BCUT2D eigenvalue weighted by atomic mass is 16.5. The normalized spacial score (nSPS) is 25.0. The van der Waals surface area contributed by atoms with Crippen LogP contribution in [-0.4, -0.2) is 43.3 Å². The van der Waals surface area contributed by atoms with Crippen LogP contribution < -0.4 is 5.32 Å². The molecule has 1 N–H and O–H groups in total. The third kappa shape index (κ3) is 4.80. The fourth-order valence-corrected chi connectivity index (χ4v) is 2.86. The first-order chi connectivity index (χ1) is 10.1. The zero-order valence-electron chi connectivity index (χ0n) is 13.9. The summed E-state index contributed by atoms with van der Waals surface area (Å²) in [5.74, 6) is 0.571. The number of morpholine rings is 1. The number of rotatable bonds is 6. The van der Waals surface area contributed by atoms with Crippen molar-refractivity contribution in [2.24, 2.45) is 0 Å². The molecule has 1 heterocycles. The second-order valence-electron chi connectivity index (χ2n) is 6.37. The number of nitrogens with one attached hydrogen (secondary N) is 1. The molecule has 1 aromatic rings. The average molecular weight is 290 g/mol.